The van der Waals surface area contributed by atoms with Crippen LogP contribution in [0.3, 0.4) is 0 Å². The summed E-state index contributed by atoms with van der Waals surface area (Å²) in [4.78, 5) is 16.9. The number of anilines is 4. The molecule has 0 amide bonds. The number of fused-ring (bicyclic) bond motifs is 4. The maximum Gasteiger partial charge on any atom is 0.145 e. The van der Waals surface area contributed by atoms with Crippen LogP contribution in [0, 0.1) is 0 Å². The Balaban J connectivity index is 1.22. The lowest BCUT2D eigenvalue weighted by Gasteiger charge is -2.25. The summed E-state index contributed by atoms with van der Waals surface area (Å²) in [6.45, 7) is 2.44. The van der Waals surface area contributed by atoms with Gasteiger partial charge in [0.2, 0.25) is 0 Å². The third-order valence-electron chi connectivity index (χ3n) is 12.6. The topological polar surface area (TPSA) is 137 Å². The Morgan fingerprint density at radius 3 is 0.985 bits per heavy atom. The van der Waals surface area contributed by atoms with Crippen LogP contribution in [-0.4, -0.2) is 48.4 Å². The minimum Gasteiger partial charge on any atom is -0.495 e. The second kappa shape index (κ2) is 21.5. The van der Waals surface area contributed by atoms with Crippen LogP contribution in [-0.2, 0) is 51.9 Å². The third kappa shape index (κ3) is 10.6. The first kappa shape index (κ1) is 45.1. The molecule has 0 saturated heterocycles. The van der Waals surface area contributed by atoms with Crippen molar-refractivity contribution in [1.82, 2.24) is 19.9 Å². The molecule has 12 nitrogen and oxygen atoms in total. The SMILES string of the molecule is COc1cc2c(cc1NCc1ccncc1)Cc1cc(OC)c(NCc3ccncc3)cc1Cc1c(ccc(NCc3ccncc3)c1OC)Cc1cc(OC)c(NCc3ccncc3)cc1C2. The van der Waals surface area contributed by atoms with E-state index in [0.717, 1.165) is 107 Å². The first-order chi connectivity index (χ1) is 33.5. The van der Waals surface area contributed by atoms with Gasteiger partial charge in [-0.25, -0.2) is 0 Å². The maximum absolute atomic E-state index is 6.45. The Hall–Kier alpha value is -8.12. The van der Waals surface area contributed by atoms with E-state index in [1.165, 1.54) is 5.56 Å². The molecule has 4 aromatic carbocycles. The van der Waals surface area contributed by atoms with Gasteiger partial charge in [-0.3, -0.25) is 19.9 Å². The molecule has 68 heavy (non-hydrogen) atoms. The fraction of sp³-hybridized carbons (Fsp3) is 0.214. The van der Waals surface area contributed by atoms with E-state index in [2.05, 4.69) is 89.7 Å². The number of hydrogen-bond donors (Lipinski definition) is 4. The molecule has 8 aromatic rings. The van der Waals surface area contributed by atoms with Crippen LogP contribution in [0.2, 0.25) is 0 Å². The summed E-state index contributed by atoms with van der Waals surface area (Å²) < 4.78 is 24.9. The van der Waals surface area contributed by atoms with Gasteiger partial charge in [-0.1, -0.05) is 6.07 Å². The van der Waals surface area contributed by atoms with Crippen LogP contribution < -0.4 is 40.2 Å². The summed E-state index contributed by atoms with van der Waals surface area (Å²) in [6.07, 6.45) is 17.0. The molecule has 0 radical (unpaired) electrons. The van der Waals surface area contributed by atoms with Crippen molar-refractivity contribution in [1.29, 1.82) is 0 Å². The largest absolute Gasteiger partial charge is 0.495 e. The second-order valence-corrected chi connectivity index (χ2v) is 16.8. The number of pyridine rings is 4. The molecule has 344 valence electrons. The van der Waals surface area contributed by atoms with Crippen molar-refractivity contribution in [2.24, 2.45) is 0 Å². The number of ether oxygens (including phenoxy) is 4. The predicted octanol–water partition coefficient (Wildman–Crippen LogP) is 10.4. The summed E-state index contributed by atoms with van der Waals surface area (Å²) in [6, 6.07) is 33.9. The van der Waals surface area contributed by atoms with Crippen LogP contribution in [0.1, 0.15) is 66.8 Å². The number of aromatic nitrogens is 4. The lowest BCUT2D eigenvalue weighted by atomic mass is 9.84. The number of nitrogens with zero attached hydrogens (tertiary/aromatic N) is 4. The molecule has 4 heterocycles. The Morgan fingerprint density at radius 1 is 0.338 bits per heavy atom. The molecule has 0 spiro atoms. The minimum atomic E-state index is 0.587. The van der Waals surface area contributed by atoms with Crippen molar-refractivity contribution in [3.8, 4) is 23.0 Å². The van der Waals surface area contributed by atoms with E-state index in [0.29, 0.717) is 51.9 Å². The number of methoxy groups -OCH3 is 4. The zero-order valence-electron chi connectivity index (χ0n) is 38.9. The summed E-state index contributed by atoms with van der Waals surface area (Å²) in [7, 11) is 6.97. The molecule has 0 bridgehead atoms. The Labute approximate surface area is 398 Å². The van der Waals surface area contributed by atoms with E-state index in [1.807, 2.05) is 98.1 Å². The molecule has 4 N–H and O–H groups in total. The Kier molecular flexibility index (Phi) is 14.2. The smallest absolute Gasteiger partial charge is 0.145 e. The van der Waals surface area contributed by atoms with Crippen molar-refractivity contribution in [3.63, 3.8) is 0 Å². The number of benzene rings is 4. The van der Waals surface area contributed by atoms with E-state index in [1.54, 1.807) is 28.4 Å². The summed E-state index contributed by atoms with van der Waals surface area (Å²) in [5.74, 6) is 3.10. The van der Waals surface area contributed by atoms with Gasteiger partial charge in [0.05, 0.1) is 51.2 Å². The maximum atomic E-state index is 6.45. The molecule has 12 heteroatoms. The summed E-state index contributed by atoms with van der Waals surface area (Å²) in [5, 5.41) is 14.8. The number of rotatable bonds is 16. The highest BCUT2D eigenvalue weighted by atomic mass is 16.5. The third-order valence-corrected chi connectivity index (χ3v) is 12.6. The Bertz CT molecular complexity index is 2960. The van der Waals surface area contributed by atoms with Crippen molar-refractivity contribution in [2.45, 2.75) is 51.9 Å². The summed E-state index contributed by atoms with van der Waals surface area (Å²) in [5.41, 5.74) is 17.3. The van der Waals surface area contributed by atoms with Gasteiger partial charge in [0.15, 0.2) is 0 Å². The molecular weight excluding hydrogens is 849 g/mol. The van der Waals surface area contributed by atoms with Gasteiger partial charge in [-0.2, -0.15) is 0 Å². The number of hydrogen-bond acceptors (Lipinski definition) is 12. The van der Waals surface area contributed by atoms with Crippen LogP contribution >= 0.6 is 0 Å². The van der Waals surface area contributed by atoms with Gasteiger partial charge < -0.3 is 40.2 Å². The van der Waals surface area contributed by atoms with Crippen LogP contribution in [0.25, 0.3) is 0 Å². The predicted molar refractivity (Wildman–Crippen MR) is 269 cm³/mol. The average molecular weight is 905 g/mol. The minimum absolute atomic E-state index is 0.587. The van der Waals surface area contributed by atoms with Gasteiger partial charge in [-0.15, -0.1) is 0 Å². The molecule has 1 aliphatic rings. The highest BCUT2D eigenvalue weighted by Gasteiger charge is 2.24. The molecule has 0 saturated carbocycles. The monoisotopic (exact) mass is 904 g/mol. The molecule has 0 atom stereocenters. The molecule has 0 unspecified atom stereocenters. The van der Waals surface area contributed by atoms with Gasteiger partial charge in [0.1, 0.15) is 23.0 Å². The highest BCUT2D eigenvalue weighted by Crippen LogP contribution is 2.42. The fourth-order valence-electron chi connectivity index (χ4n) is 8.91. The van der Waals surface area contributed by atoms with Crippen LogP contribution in [0.15, 0.2) is 147 Å². The van der Waals surface area contributed by atoms with Gasteiger partial charge in [0.25, 0.3) is 0 Å². The summed E-state index contributed by atoms with van der Waals surface area (Å²) >= 11 is 0. The van der Waals surface area contributed by atoms with E-state index < -0.39 is 0 Å². The molecule has 1 aliphatic carbocycles. The quantitative estimate of drug-likeness (QED) is 0.0735. The standard InChI is InChI=1S/C56H56N8O4/c1-65-53-30-44-23-41-5-6-49(61-33-37-7-15-57-16-8-37)56(68-4)48(41)26-47-29-52(64-36-40-13-21-60-22-14-40)55(67-3)32-46(47)25-43-28-51(63-35-39-11-19-59-20-12-39)54(66-2)31-45(43)24-42(44)27-50(53)62-34-38-9-17-58-18-10-38/h5-22,27-32,61-64H,23-26,33-36H2,1-4H3. The average Bonchev–Trinajstić information content (AvgIpc) is 3.38. The van der Waals surface area contributed by atoms with E-state index in [9.17, 15) is 0 Å². The zero-order valence-corrected chi connectivity index (χ0v) is 38.9. The normalized spacial score (nSPS) is 11.8. The van der Waals surface area contributed by atoms with E-state index >= 15 is 0 Å². The lowest BCUT2D eigenvalue weighted by Crippen LogP contribution is -2.12. The lowest BCUT2D eigenvalue weighted by molar-refractivity contribution is 0.411. The van der Waals surface area contributed by atoms with Gasteiger partial charge in [-0.05, 0) is 171 Å². The van der Waals surface area contributed by atoms with Crippen molar-refractivity contribution in [2.75, 3.05) is 49.7 Å². The molecular formula is C56H56N8O4. The molecule has 9 rings (SSSR count). The molecule has 0 fully saturated rings. The van der Waals surface area contributed by atoms with Crippen molar-refractivity contribution in [3.05, 3.63) is 213 Å². The Morgan fingerprint density at radius 2 is 0.647 bits per heavy atom. The molecule has 4 aromatic heterocycles. The first-order valence-corrected chi connectivity index (χ1v) is 22.8. The highest BCUT2D eigenvalue weighted by molar-refractivity contribution is 5.69. The van der Waals surface area contributed by atoms with Crippen molar-refractivity contribution >= 4 is 22.7 Å². The fourth-order valence-corrected chi connectivity index (χ4v) is 8.91. The van der Waals surface area contributed by atoms with Crippen LogP contribution in [0.5, 0.6) is 23.0 Å². The van der Waals surface area contributed by atoms with E-state index in [4.69, 9.17) is 18.9 Å². The van der Waals surface area contributed by atoms with Crippen molar-refractivity contribution < 1.29 is 18.9 Å². The van der Waals surface area contributed by atoms with Gasteiger partial charge >= 0.3 is 0 Å². The number of nitrogens with one attached hydrogen (secondary N) is 4. The van der Waals surface area contributed by atoms with E-state index in [-0.39, 0.29) is 0 Å². The molecule has 0 aliphatic heterocycles. The van der Waals surface area contributed by atoms with Gasteiger partial charge in [0, 0.05) is 87.7 Å². The second-order valence-electron chi connectivity index (χ2n) is 16.8. The zero-order chi connectivity index (χ0) is 46.7. The first-order valence-electron chi connectivity index (χ1n) is 22.8. The van der Waals surface area contributed by atoms with Crippen LogP contribution in [0.4, 0.5) is 22.7 Å².